The molecule has 0 aromatic carbocycles. The number of ether oxygens (including phenoxy) is 1. The molecule has 0 unspecified atom stereocenters. The molecule has 1 aliphatic carbocycles. The Labute approximate surface area is 148 Å². The van der Waals surface area contributed by atoms with Gasteiger partial charge in [-0.15, -0.1) is 0 Å². The van der Waals surface area contributed by atoms with E-state index in [4.69, 9.17) is 9.72 Å². The van der Waals surface area contributed by atoms with Crippen molar-refractivity contribution in [3.63, 3.8) is 0 Å². The van der Waals surface area contributed by atoms with Crippen molar-refractivity contribution >= 4 is 11.8 Å². The predicted molar refractivity (Wildman–Crippen MR) is 98.6 cm³/mol. The van der Waals surface area contributed by atoms with E-state index in [1.54, 1.807) is 12.4 Å². The van der Waals surface area contributed by atoms with Gasteiger partial charge in [0.2, 0.25) is 5.95 Å². The third kappa shape index (κ3) is 4.25. The molecule has 1 saturated heterocycles. The molecule has 6 nitrogen and oxygen atoms in total. The van der Waals surface area contributed by atoms with Gasteiger partial charge in [-0.2, -0.15) is 4.98 Å². The first-order valence-electron chi connectivity index (χ1n) is 9.28. The molecule has 1 aliphatic heterocycles. The summed E-state index contributed by atoms with van der Waals surface area (Å²) < 4.78 is 5.70. The van der Waals surface area contributed by atoms with E-state index >= 15 is 0 Å². The van der Waals surface area contributed by atoms with Crippen LogP contribution in [0.3, 0.4) is 0 Å². The Morgan fingerprint density at radius 1 is 1.04 bits per heavy atom. The van der Waals surface area contributed by atoms with Crippen LogP contribution >= 0.6 is 0 Å². The molecule has 1 saturated carbocycles. The van der Waals surface area contributed by atoms with Gasteiger partial charge in [-0.1, -0.05) is 12.8 Å². The Bertz CT molecular complexity index is 681. The summed E-state index contributed by atoms with van der Waals surface area (Å²) in [6.45, 7) is 1.66. The van der Waals surface area contributed by atoms with Crippen molar-refractivity contribution in [2.45, 2.75) is 50.7 Å². The fraction of sp³-hybridized carbons (Fsp3) is 0.526. The lowest BCUT2D eigenvalue weighted by atomic mass is 10.2. The van der Waals surface area contributed by atoms with Gasteiger partial charge in [-0.25, -0.2) is 4.98 Å². The van der Waals surface area contributed by atoms with E-state index in [1.165, 1.54) is 25.7 Å². The van der Waals surface area contributed by atoms with E-state index in [1.807, 2.05) is 18.2 Å². The number of rotatable bonds is 6. The van der Waals surface area contributed by atoms with Crippen LogP contribution in [0.2, 0.25) is 0 Å². The molecule has 3 heterocycles. The Kier molecular flexibility index (Phi) is 5.06. The van der Waals surface area contributed by atoms with Crippen LogP contribution in [0, 0.1) is 0 Å². The summed E-state index contributed by atoms with van der Waals surface area (Å²) in [5.74, 6) is 1.55. The molecule has 2 aromatic rings. The summed E-state index contributed by atoms with van der Waals surface area (Å²) in [6, 6.07) is 6.44. The third-order valence-corrected chi connectivity index (χ3v) is 4.93. The highest BCUT2D eigenvalue weighted by atomic mass is 16.5. The molecular formula is C19H25N5O. The normalized spacial score (nSPS) is 20.7. The van der Waals surface area contributed by atoms with Crippen LogP contribution in [-0.2, 0) is 4.74 Å². The number of anilines is 2. The Morgan fingerprint density at radius 3 is 2.64 bits per heavy atom. The Morgan fingerprint density at radius 2 is 1.88 bits per heavy atom. The summed E-state index contributed by atoms with van der Waals surface area (Å²) in [4.78, 5) is 13.5. The van der Waals surface area contributed by atoms with Gasteiger partial charge >= 0.3 is 0 Å². The molecule has 4 rings (SSSR count). The van der Waals surface area contributed by atoms with Crippen molar-refractivity contribution in [3.8, 4) is 11.3 Å². The van der Waals surface area contributed by atoms with Crippen molar-refractivity contribution in [1.82, 2.24) is 15.0 Å². The highest BCUT2D eigenvalue weighted by Crippen LogP contribution is 2.25. The molecule has 2 N–H and O–H groups in total. The van der Waals surface area contributed by atoms with Crippen LogP contribution < -0.4 is 10.6 Å². The monoisotopic (exact) mass is 339 g/mol. The van der Waals surface area contributed by atoms with E-state index in [-0.39, 0.29) is 6.10 Å². The zero-order chi connectivity index (χ0) is 16.9. The molecule has 0 radical (unpaired) electrons. The summed E-state index contributed by atoms with van der Waals surface area (Å²) in [5.41, 5.74) is 1.96. The van der Waals surface area contributed by atoms with E-state index in [9.17, 15) is 0 Å². The summed E-state index contributed by atoms with van der Waals surface area (Å²) in [7, 11) is 0. The van der Waals surface area contributed by atoms with Gasteiger partial charge in [0.05, 0.1) is 11.8 Å². The quantitative estimate of drug-likeness (QED) is 0.839. The van der Waals surface area contributed by atoms with Crippen LogP contribution in [0.4, 0.5) is 11.8 Å². The molecule has 25 heavy (non-hydrogen) atoms. The van der Waals surface area contributed by atoms with Gasteiger partial charge in [0.25, 0.3) is 0 Å². The van der Waals surface area contributed by atoms with E-state index in [0.29, 0.717) is 12.0 Å². The fourth-order valence-electron chi connectivity index (χ4n) is 3.55. The van der Waals surface area contributed by atoms with Crippen molar-refractivity contribution in [2.24, 2.45) is 0 Å². The van der Waals surface area contributed by atoms with E-state index in [0.717, 1.165) is 43.1 Å². The molecule has 132 valence electrons. The lowest BCUT2D eigenvalue weighted by molar-refractivity contribution is 0.120. The largest absolute Gasteiger partial charge is 0.376 e. The molecule has 2 aromatic heterocycles. The lowest BCUT2D eigenvalue weighted by Crippen LogP contribution is -2.20. The maximum atomic E-state index is 5.70. The third-order valence-electron chi connectivity index (χ3n) is 4.93. The SMILES string of the molecule is c1cc(-c2cc(NC[C@H]3CCCO3)nc(NC3CCCC3)n2)ccn1. The number of hydrogen-bond acceptors (Lipinski definition) is 6. The Hall–Kier alpha value is -2.21. The van der Waals surface area contributed by atoms with E-state index in [2.05, 4.69) is 20.6 Å². The summed E-state index contributed by atoms with van der Waals surface area (Å²) >= 11 is 0. The van der Waals surface area contributed by atoms with Crippen molar-refractivity contribution in [2.75, 3.05) is 23.8 Å². The first-order valence-corrected chi connectivity index (χ1v) is 9.28. The highest BCUT2D eigenvalue weighted by molar-refractivity contribution is 5.64. The number of nitrogens with one attached hydrogen (secondary N) is 2. The van der Waals surface area contributed by atoms with Gasteiger partial charge in [0.1, 0.15) is 5.82 Å². The maximum absolute atomic E-state index is 5.70. The van der Waals surface area contributed by atoms with Crippen molar-refractivity contribution in [3.05, 3.63) is 30.6 Å². The molecule has 2 aliphatic rings. The average Bonchev–Trinajstić information content (AvgIpc) is 3.34. The molecule has 1 atom stereocenters. The smallest absolute Gasteiger partial charge is 0.225 e. The number of nitrogens with zero attached hydrogens (tertiary/aromatic N) is 3. The topological polar surface area (TPSA) is 72.0 Å². The predicted octanol–water partition coefficient (Wildman–Crippen LogP) is 3.48. The van der Waals surface area contributed by atoms with Crippen molar-refractivity contribution in [1.29, 1.82) is 0 Å². The lowest BCUT2D eigenvalue weighted by Gasteiger charge is -2.16. The minimum Gasteiger partial charge on any atom is -0.376 e. The highest BCUT2D eigenvalue weighted by Gasteiger charge is 2.18. The molecule has 2 fully saturated rings. The van der Waals surface area contributed by atoms with Gasteiger partial charge in [-0.3, -0.25) is 4.98 Å². The minimum atomic E-state index is 0.283. The second-order valence-corrected chi connectivity index (χ2v) is 6.84. The minimum absolute atomic E-state index is 0.283. The summed E-state index contributed by atoms with van der Waals surface area (Å²) in [6.07, 6.45) is 11.1. The van der Waals surface area contributed by atoms with Crippen LogP contribution in [-0.4, -0.2) is 40.2 Å². The van der Waals surface area contributed by atoms with Gasteiger partial charge < -0.3 is 15.4 Å². The zero-order valence-corrected chi connectivity index (χ0v) is 14.4. The Balaban J connectivity index is 1.55. The molecular weight excluding hydrogens is 314 g/mol. The van der Waals surface area contributed by atoms with Gasteiger partial charge in [0.15, 0.2) is 0 Å². The first kappa shape index (κ1) is 16.3. The van der Waals surface area contributed by atoms with E-state index < -0.39 is 0 Å². The maximum Gasteiger partial charge on any atom is 0.225 e. The number of pyridine rings is 1. The van der Waals surface area contributed by atoms with Gasteiger partial charge in [-0.05, 0) is 37.8 Å². The molecule has 0 spiro atoms. The first-order chi connectivity index (χ1) is 12.4. The molecule has 0 bridgehead atoms. The van der Waals surface area contributed by atoms with Gasteiger partial charge in [0, 0.05) is 43.2 Å². The molecule has 6 heteroatoms. The van der Waals surface area contributed by atoms with Crippen LogP contribution in [0.5, 0.6) is 0 Å². The molecule has 0 amide bonds. The second-order valence-electron chi connectivity index (χ2n) is 6.84. The summed E-state index contributed by atoms with van der Waals surface area (Å²) in [5, 5.41) is 6.94. The standard InChI is InChI=1S/C19H25N5O/c1-2-5-15(4-1)22-19-23-17(14-7-9-20-10-8-14)12-18(24-19)21-13-16-6-3-11-25-16/h7-10,12,15-16H,1-6,11,13H2,(H2,21,22,23,24)/t16-/m1/s1. The van der Waals surface area contributed by atoms with Crippen LogP contribution in [0.25, 0.3) is 11.3 Å². The second kappa shape index (κ2) is 7.78. The van der Waals surface area contributed by atoms with Crippen LogP contribution in [0.15, 0.2) is 30.6 Å². The average molecular weight is 339 g/mol. The fourth-order valence-corrected chi connectivity index (χ4v) is 3.55. The van der Waals surface area contributed by atoms with Crippen LogP contribution in [0.1, 0.15) is 38.5 Å². The van der Waals surface area contributed by atoms with Crippen molar-refractivity contribution < 1.29 is 4.74 Å². The zero-order valence-electron chi connectivity index (χ0n) is 14.4. The number of hydrogen-bond donors (Lipinski definition) is 2. The number of aromatic nitrogens is 3.